The Kier molecular flexibility index (Phi) is 6.15. The van der Waals surface area contributed by atoms with Crippen LogP contribution in [-0.2, 0) is 16.0 Å². The van der Waals surface area contributed by atoms with Gasteiger partial charge in [-0.05, 0) is 57.2 Å². The zero-order chi connectivity index (χ0) is 22.9. The standard InChI is InChI=1S/C26H33N5O2/c1-18-22-8-9-23(32)29(2)26(22)28-25(27-18)21-12-15-31(16-21)24(33)17-30-13-10-20(11-14-30)19-6-4-3-5-7-19/h3-7,20-21H,8-17H2,1-2H3. The number of hydrogen-bond acceptors (Lipinski definition) is 5. The first kappa shape index (κ1) is 22.0. The topological polar surface area (TPSA) is 69.6 Å². The molecule has 2 fully saturated rings. The molecule has 3 aliphatic rings. The lowest BCUT2D eigenvalue weighted by Crippen LogP contribution is -2.42. The number of amides is 2. The Morgan fingerprint density at radius 1 is 1.00 bits per heavy atom. The lowest BCUT2D eigenvalue weighted by atomic mass is 9.89. The highest BCUT2D eigenvalue weighted by Crippen LogP contribution is 2.32. The van der Waals surface area contributed by atoms with Gasteiger partial charge >= 0.3 is 0 Å². The predicted octanol–water partition coefficient (Wildman–Crippen LogP) is 2.89. The van der Waals surface area contributed by atoms with Crippen LogP contribution in [0.15, 0.2) is 30.3 Å². The van der Waals surface area contributed by atoms with Crippen molar-refractivity contribution in [1.29, 1.82) is 0 Å². The summed E-state index contributed by atoms with van der Waals surface area (Å²) in [4.78, 5) is 40.7. The predicted molar refractivity (Wildman–Crippen MR) is 127 cm³/mol. The average molecular weight is 448 g/mol. The Hall–Kier alpha value is -2.80. The highest BCUT2D eigenvalue weighted by Gasteiger charge is 2.33. The Balaban J connectivity index is 1.18. The molecule has 2 saturated heterocycles. The van der Waals surface area contributed by atoms with E-state index >= 15 is 0 Å². The number of carbonyl (C=O) groups is 2. The van der Waals surface area contributed by atoms with E-state index in [2.05, 4.69) is 35.2 Å². The number of aromatic nitrogens is 2. The summed E-state index contributed by atoms with van der Waals surface area (Å²) in [6, 6.07) is 10.7. The van der Waals surface area contributed by atoms with Crippen LogP contribution in [0.5, 0.6) is 0 Å². The minimum absolute atomic E-state index is 0.103. The summed E-state index contributed by atoms with van der Waals surface area (Å²) >= 11 is 0. The number of carbonyl (C=O) groups excluding carboxylic acids is 2. The highest BCUT2D eigenvalue weighted by atomic mass is 16.2. The molecular formula is C26H33N5O2. The van der Waals surface area contributed by atoms with Crippen LogP contribution < -0.4 is 4.90 Å². The first-order valence-electron chi connectivity index (χ1n) is 12.2. The highest BCUT2D eigenvalue weighted by molar-refractivity contribution is 5.94. The number of hydrogen-bond donors (Lipinski definition) is 0. The molecule has 7 heteroatoms. The molecule has 0 N–H and O–H groups in total. The van der Waals surface area contributed by atoms with E-state index in [-0.39, 0.29) is 17.7 Å². The van der Waals surface area contributed by atoms with E-state index in [1.807, 2.05) is 11.8 Å². The van der Waals surface area contributed by atoms with Crippen LogP contribution in [0.1, 0.15) is 60.2 Å². The number of fused-ring (bicyclic) bond motifs is 1. The number of nitrogens with zero attached hydrogens (tertiary/aromatic N) is 5. The molecule has 5 rings (SSSR count). The van der Waals surface area contributed by atoms with E-state index in [0.717, 1.165) is 61.8 Å². The molecule has 2 aromatic rings. The van der Waals surface area contributed by atoms with Gasteiger partial charge in [-0.1, -0.05) is 30.3 Å². The van der Waals surface area contributed by atoms with E-state index in [4.69, 9.17) is 9.97 Å². The van der Waals surface area contributed by atoms with Crippen molar-refractivity contribution in [3.8, 4) is 0 Å². The minimum Gasteiger partial charge on any atom is -0.341 e. The molecule has 1 atom stereocenters. The van der Waals surface area contributed by atoms with Gasteiger partial charge in [-0.15, -0.1) is 0 Å². The fraction of sp³-hybridized carbons (Fsp3) is 0.538. The summed E-state index contributed by atoms with van der Waals surface area (Å²) in [6.07, 6.45) is 4.31. The van der Waals surface area contributed by atoms with Crippen LogP contribution in [0.2, 0.25) is 0 Å². The van der Waals surface area contributed by atoms with Crippen LogP contribution in [0.25, 0.3) is 0 Å². The molecule has 0 saturated carbocycles. The summed E-state index contributed by atoms with van der Waals surface area (Å²) in [7, 11) is 1.79. The third-order valence-electron chi connectivity index (χ3n) is 7.61. The van der Waals surface area contributed by atoms with Crippen molar-refractivity contribution in [2.75, 3.05) is 44.7 Å². The molecule has 0 spiro atoms. The zero-order valence-corrected chi connectivity index (χ0v) is 19.7. The lowest BCUT2D eigenvalue weighted by Gasteiger charge is -2.32. The number of rotatable bonds is 4. The fourth-order valence-electron chi connectivity index (χ4n) is 5.51. The van der Waals surface area contributed by atoms with E-state index in [1.165, 1.54) is 5.56 Å². The molecule has 1 aromatic carbocycles. The van der Waals surface area contributed by atoms with Gasteiger partial charge in [0.05, 0.1) is 6.54 Å². The Morgan fingerprint density at radius 2 is 1.73 bits per heavy atom. The second-order valence-electron chi connectivity index (χ2n) is 9.71. The van der Waals surface area contributed by atoms with E-state index in [1.54, 1.807) is 11.9 Å². The molecule has 3 aliphatic heterocycles. The molecule has 174 valence electrons. The maximum atomic E-state index is 13.0. The molecule has 2 amide bonds. The fourth-order valence-corrected chi connectivity index (χ4v) is 5.51. The second-order valence-corrected chi connectivity index (χ2v) is 9.71. The monoisotopic (exact) mass is 447 g/mol. The van der Waals surface area contributed by atoms with Crippen LogP contribution in [0.3, 0.4) is 0 Å². The van der Waals surface area contributed by atoms with Crippen molar-refractivity contribution in [1.82, 2.24) is 19.8 Å². The Morgan fingerprint density at radius 3 is 2.48 bits per heavy atom. The average Bonchev–Trinajstić information content (AvgIpc) is 3.33. The van der Waals surface area contributed by atoms with Gasteiger partial charge in [-0.2, -0.15) is 0 Å². The van der Waals surface area contributed by atoms with Crippen LogP contribution in [-0.4, -0.2) is 71.4 Å². The molecule has 0 radical (unpaired) electrons. The third kappa shape index (κ3) is 4.51. The second kappa shape index (κ2) is 9.21. The van der Waals surface area contributed by atoms with Gasteiger partial charge in [0, 0.05) is 43.7 Å². The van der Waals surface area contributed by atoms with Crippen molar-refractivity contribution >= 4 is 17.6 Å². The summed E-state index contributed by atoms with van der Waals surface area (Å²) in [5.74, 6) is 2.56. The van der Waals surface area contributed by atoms with Crippen LogP contribution >= 0.6 is 0 Å². The third-order valence-corrected chi connectivity index (χ3v) is 7.61. The lowest BCUT2D eigenvalue weighted by molar-refractivity contribution is -0.131. The normalized spacial score (nSPS) is 22.0. The minimum atomic E-state index is 0.103. The first-order chi connectivity index (χ1) is 16.0. The quantitative estimate of drug-likeness (QED) is 0.721. The maximum absolute atomic E-state index is 13.0. The van der Waals surface area contributed by atoms with Crippen molar-refractivity contribution in [2.24, 2.45) is 0 Å². The van der Waals surface area contributed by atoms with Crippen molar-refractivity contribution < 1.29 is 9.59 Å². The summed E-state index contributed by atoms with van der Waals surface area (Å²) in [5.41, 5.74) is 3.45. The van der Waals surface area contributed by atoms with Gasteiger partial charge in [0.2, 0.25) is 11.8 Å². The van der Waals surface area contributed by atoms with Gasteiger partial charge in [-0.3, -0.25) is 19.4 Å². The first-order valence-corrected chi connectivity index (χ1v) is 12.2. The molecule has 0 aliphatic carbocycles. The van der Waals surface area contributed by atoms with Crippen LogP contribution in [0.4, 0.5) is 5.82 Å². The van der Waals surface area contributed by atoms with Gasteiger partial charge < -0.3 is 4.90 Å². The zero-order valence-electron chi connectivity index (χ0n) is 19.7. The van der Waals surface area contributed by atoms with Crippen LogP contribution in [0, 0.1) is 6.92 Å². The number of benzene rings is 1. The van der Waals surface area contributed by atoms with Gasteiger partial charge in [0.1, 0.15) is 11.6 Å². The van der Waals surface area contributed by atoms with E-state index in [0.29, 0.717) is 31.8 Å². The molecule has 1 aromatic heterocycles. The SMILES string of the molecule is Cc1nc(C2CCN(C(=O)CN3CCC(c4ccccc4)CC3)C2)nc2c1CCC(=O)N2C. The molecule has 7 nitrogen and oxygen atoms in total. The molecule has 33 heavy (non-hydrogen) atoms. The smallest absolute Gasteiger partial charge is 0.236 e. The Bertz CT molecular complexity index is 1030. The van der Waals surface area contributed by atoms with E-state index < -0.39 is 0 Å². The van der Waals surface area contributed by atoms with Gasteiger partial charge in [-0.25, -0.2) is 9.97 Å². The number of piperidine rings is 1. The van der Waals surface area contributed by atoms with Gasteiger partial charge in [0.15, 0.2) is 0 Å². The molecule has 0 bridgehead atoms. The maximum Gasteiger partial charge on any atom is 0.236 e. The van der Waals surface area contributed by atoms with Crippen molar-refractivity contribution in [2.45, 2.75) is 50.9 Å². The number of aryl methyl sites for hydroxylation is 1. The number of likely N-dealkylation sites (tertiary alicyclic amines) is 2. The molecule has 4 heterocycles. The molecule has 1 unspecified atom stereocenters. The van der Waals surface area contributed by atoms with Gasteiger partial charge in [0.25, 0.3) is 0 Å². The summed E-state index contributed by atoms with van der Waals surface area (Å²) in [6.45, 7) is 5.85. The summed E-state index contributed by atoms with van der Waals surface area (Å²) < 4.78 is 0. The van der Waals surface area contributed by atoms with Crippen molar-refractivity contribution in [3.63, 3.8) is 0 Å². The van der Waals surface area contributed by atoms with Crippen molar-refractivity contribution in [3.05, 3.63) is 53.0 Å². The Labute approximate surface area is 195 Å². The summed E-state index contributed by atoms with van der Waals surface area (Å²) in [5, 5.41) is 0. The van der Waals surface area contributed by atoms with E-state index in [9.17, 15) is 9.59 Å². The largest absolute Gasteiger partial charge is 0.341 e. The molecular weight excluding hydrogens is 414 g/mol. The number of anilines is 1.